The molecule has 1 N–H and O–H groups in total. The Bertz CT molecular complexity index is 445. The van der Waals surface area contributed by atoms with Crippen LogP contribution in [0.4, 0.5) is 0 Å². The van der Waals surface area contributed by atoms with Crippen LogP contribution in [-0.2, 0) is 21.6 Å². The molecular weight excluding hydrogens is 272 g/mol. The molecule has 1 aromatic heterocycles. The fourth-order valence-electron chi connectivity index (χ4n) is 2.71. The van der Waals surface area contributed by atoms with Gasteiger partial charge in [0.15, 0.2) is 0 Å². The fraction of sp³-hybridized carbons (Fsp3) is 0.800. The smallest absolute Gasteiger partial charge is 0.125 e. The first-order valence-electron chi connectivity index (χ1n) is 7.65. The summed E-state index contributed by atoms with van der Waals surface area (Å²) >= 11 is 1.82. The summed E-state index contributed by atoms with van der Waals surface area (Å²) in [5, 5.41) is 4.73. The second kappa shape index (κ2) is 6.10. The van der Waals surface area contributed by atoms with E-state index in [4.69, 9.17) is 14.5 Å². The number of ether oxygens (including phenoxy) is 2. The molecule has 5 heteroatoms. The Morgan fingerprint density at radius 1 is 1.40 bits per heavy atom. The van der Waals surface area contributed by atoms with E-state index in [2.05, 4.69) is 19.2 Å². The molecule has 3 rings (SSSR count). The van der Waals surface area contributed by atoms with Crippen LogP contribution in [0.5, 0.6) is 0 Å². The van der Waals surface area contributed by atoms with Crippen LogP contribution in [-0.4, -0.2) is 30.8 Å². The van der Waals surface area contributed by atoms with Gasteiger partial charge < -0.3 is 14.8 Å². The normalized spacial score (nSPS) is 22.1. The van der Waals surface area contributed by atoms with Crippen molar-refractivity contribution in [3.8, 4) is 0 Å². The lowest BCUT2D eigenvalue weighted by Crippen LogP contribution is -2.36. The lowest BCUT2D eigenvalue weighted by Gasteiger charge is -2.35. The van der Waals surface area contributed by atoms with Gasteiger partial charge in [0.05, 0.1) is 5.69 Å². The van der Waals surface area contributed by atoms with Crippen molar-refractivity contribution >= 4 is 11.3 Å². The molecule has 0 amide bonds. The van der Waals surface area contributed by atoms with Crippen molar-refractivity contribution in [1.29, 1.82) is 0 Å². The van der Waals surface area contributed by atoms with Crippen LogP contribution in [0, 0.1) is 6.92 Å². The van der Waals surface area contributed by atoms with E-state index in [9.17, 15) is 0 Å². The number of hydrogen-bond acceptors (Lipinski definition) is 5. The average Bonchev–Trinajstić information content (AvgIpc) is 3.21. The summed E-state index contributed by atoms with van der Waals surface area (Å²) in [7, 11) is 0. The topological polar surface area (TPSA) is 43.4 Å². The SMILES string of the molecule is CCOC1(c2nc(C)c(CNC3CC3)s2)CCOCC1. The summed E-state index contributed by atoms with van der Waals surface area (Å²) in [6.45, 7) is 7.40. The summed E-state index contributed by atoms with van der Waals surface area (Å²) < 4.78 is 11.6. The third-order valence-corrected chi connectivity index (χ3v) is 5.47. The van der Waals surface area contributed by atoms with E-state index in [0.29, 0.717) is 0 Å². The molecule has 112 valence electrons. The van der Waals surface area contributed by atoms with Crippen LogP contribution in [0.15, 0.2) is 0 Å². The highest BCUT2D eigenvalue weighted by Crippen LogP contribution is 2.39. The molecule has 0 aromatic carbocycles. The Kier molecular flexibility index (Phi) is 4.40. The number of nitrogens with one attached hydrogen (secondary N) is 1. The summed E-state index contributed by atoms with van der Waals surface area (Å²) in [6, 6.07) is 0.740. The third-order valence-electron chi connectivity index (χ3n) is 4.13. The van der Waals surface area contributed by atoms with E-state index >= 15 is 0 Å². The first-order valence-corrected chi connectivity index (χ1v) is 8.47. The van der Waals surface area contributed by atoms with Gasteiger partial charge in [-0.3, -0.25) is 0 Å². The van der Waals surface area contributed by atoms with Gasteiger partial charge in [0.2, 0.25) is 0 Å². The van der Waals surface area contributed by atoms with E-state index in [0.717, 1.165) is 56.0 Å². The zero-order valence-corrected chi connectivity index (χ0v) is 13.2. The molecular formula is C15H24N2O2S. The molecule has 1 aromatic rings. The summed E-state index contributed by atoms with van der Waals surface area (Å²) in [6.07, 6.45) is 4.49. The van der Waals surface area contributed by atoms with Gasteiger partial charge in [-0.25, -0.2) is 4.98 Å². The van der Waals surface area contributed by atoms with Crippen LogP contribution in [0.1, 0.15) is 48.2 Å². The number of hydrogen-bond donors (Lipinski definition) is 1. The molecule has 0 atom stereocenters. The van der Waals surface area contributed by atoms with Crippen molar-refractivity contribution in [1.82, 2.24) is 10.3 Å². The molecule has 0 bridgehead atoms. The Balaban J connectivity index is 1.77. The predicted molar refractivity (Wildman–Crippen MR) is 80.1 cm³/mol. The largest absolute Gasteiger partial charge is 0.381 e. The summed E-state index contributed by atoms with van der Waals surface area (Å²) in [4.78, 5) is 6.18. The van der Waals surface area contributed by atoms with Gasteiger partial charge >= 0.3 is 0 Å². The van der Waals surface area contributed by atoms with Gasteiger partial charge in [0.25, 0.3) is 0 Å². The molecule has 2 aliphatic rings. The van der Waals surface area contributed by atoms with Crippen LogP contribution >= 0.6 is 11.3 Å². The highest BCUT2D eigenvalue weighted by molar-refractivity contribution is 7.11. The monoisotopic (exact) mass is 296 g/mol. The quantitative estimate of drug-likeness (QED) is 0.876. The molecule has 4 nitrogen and oxygen atoms in total. The van der Waals surface area contributed by atoms with Crippen LogP contribution < -0.4 is 5.32 Å². The lowest BCUT2D eigenvalue weighted by molar-refractivity contribution is -0.112. The van der Waals surface area contributed by atoms with E-state index in [1.54, 1.807) is 0 Å². The van der Waals surface area contributed by atoms with Gasteiger partial charge in [-0.05, 0) is 26.7 Å². The number of aromatic nitrogens is 1. The maximum absolute atomic E-state index is 6.11. The minimum absolute atomic E-state index is 0.208. The maximum atomic E-state index is 6.11. The van der Waals surface area contributed by atoms with Gasteiger partial charge in [0.1, 0.15) is 10.6 Å². The fourth-order valence-corrected chi connectivity index (χ4v) is 3.92. The average molecular weight is 296 g/mol. The van der Waals surface area contributed by atoms with Crippen LogP contribution in [0.25, 0.3) is 0 Å². The Morgan fingerprint density at radius 3 is 2.80 bits per heavy atom. The number of aryl methyl sites for hydroxylation is 1. The molecule has 20 heavy (non-hydrogen) atoms. The molecule has 1 aliphatic carbocycles. The molecule has 0 radical (unpaired) electrons. The van der Waals surface area contributed by atoms with Crippen molar-refractivity contribution in [2.45, 2.75) is 57.7 Å². The molecule has 0 spiro atoms. The first kappa shape index (κ1) is 14.4. The first-order chi connectivity index (χ1) is 9.73. The van der Waals surface area contributed by atoms with Crippen molar-refractivity contribution in [2.24, 2.45) is 0 Å². The van der Waals surface area contributed by atoms with E-state index in [1.165, 1.54) is 17.7 Å². The highest BCUT2D eigenvalue weighted by atomic mass is 32.1. The van der Waals surface area contributed by atoms with Crippen molar-refractivity contribution < 1.29 is 9.47 Å². The van der Waals surface area contributed by atoms with Crippen molar-refractivity contribution in [3.05, 3.63) is 15.6 Å². The van der Waals surface area contributed by atoms with Gasteiger partial charge in [-0.1, -0.05) is 0 Å². The molecule has 1 saturated carbocycles. The zero-order chi connectivity index (χ0) is 14.0. The van der Waals surface area contributed by atoms with Gasteiger partial charge in [-0.2, -0.15) is 0 Å². The molecule has 0 unspecified atom stereocenters. The minimum Gasteiger partial charge on any atom is -0.381 e. The summed E-state index contributed by atoms with van der Waals surface area (Å²) in [5.74, 6) is 0. The minimum atomic E-state index is -0.208. The number of thiazole rings is 1. The Labute approximate surface area is 124 Å². The predicted octanol–water partition coefficient (Wildman–Crippen LogP) is 2.75. The lowest BCUT2D eigenvalue weighted by atomic mass is 9.95. The Morgan fingerprint density at radius 2 is 2.15 bits per heavy atom. The van der Waals surface area contributed by atoms with E-state index < -0.39 is 0 Å². The zero-order valence-electron chi connectivity index (χ0n) is 12.4. The molecule has 1 saturated heterocycles. The van der Waals surface area contributed by atoms with Gasteiger partial charge in [0, 0.05) is 50.1 Å². The van der Waals surface area contributed by atoms with Crippen LogP contribution in [0.3, 0.4) is 0 Å². The maximum Gasteiger partial charge on any atom is 0.125 e. The second-order valence-electron chi connectivity index (χ2n) is 5.72. The molecule has 1 aliphatic heterocycles. The number of nitrogens with zero attached hydrogens (tertiary/aromatic N) is 1. The standard InChI is InChI=1S/C15H24N2O2S/c1-3-19-15(6-8-18-9-7-15)14-17-11(2)13(20-14)10-16-12-4-5-12/h12,16H,3-10H2,1-2H3. The van der Waals surface area contributed by atoms with Crippen molar-refractivity contribution in [2.75, 3.05) is 19.8 Å². The van der Waals surface area contributed by atoms with Crippen LogP contribution in [0.2, 0.25) is 0 Å². The van der Waals surface area contributed by atoms with Gasteiger partial charge in [-0.15, -0.1) is 11.3 Å². The second-order valence-corrected chi connectivity index (χ2v) is 6.81. The van der Waals surface area contributed by atoms with E-state index in [-0.39, 0.29) is 5.60 Å². The Hall–Kier alpha value is -0.490. The van der Waals surface area contributed by atoms with E-state index in [1.807, 2.05) is 11.3 Å². The summed E-state index contributed by atoms with van der Waals surface area (Å²) in [5.41, 5.74) is 0.948. The highest BCUT2D eigenvalue weighted by Gasteiger charge is 2.38. The number of rotatable bonds is 6. The molecule has 2 fully saturated rings. The van der Waals surface area contributed by atoms with Crippen molar-refractivity contribution in [3.63, 3.8) is 0 Å². The third kappa shape index (κ3) is 3.06. The molecule has 2 heterocycles.